The molecule has 0 amide bonds. The monoisotopic (exact) mass is 339 g/mol. The summed E-state index contributed by atoms with van der Waals surface area (Å²) in [6.07, 6.45) is 3.15. The Morgan fingerprint density at radius 3 is 2.68 bits per heavy atom. The third kappa shape index (κ3) is 3.35. The van der Waals surface area contributed by atoms with Gasteiger partial charge < -0.3 is 5.11 Å². The van der Waals surface area contributed by atoms with E-state index < -0.39 is 0 Å². The Labute approximate surface area is 141 Å². The maximum atomic E-state index is 10.3. The van der Waals surface area contributed by atoms with Crippen molar-refractivity contribution in [2.45, 2.75) is 44.5 Å². The number of fused-ring (bicyclic) bond motifs is 1. The molecule has 3 aliphatic rings. The van der Waals surface area contributed by atoms with E-state index in [1.807, 2.05) is 0 Å². The van der Waals surface area contributed by atoms with E-state index in [1.165, 1.54) is 41.7 Å². The van der Waals surface area contributed by atoms with Crippen molar-refractivity contribution in [2.24, 2.45) is 5.92 Å². The molecule has 0 radical (unpaired) electrons. The Balaban J connectivity index is 1.49. The number of aromatic nitrogens is 2. The van der Waals surface area contributed by atoms with Crippen LogP contribution in [0.1, 0.15) is 36.8 Å². The molecule has 3 heterocycles. The number of aliphatic hydroxyl groups is 1. The molecule has 4 nitrogen and oxygen atoms in total. The summed E-state index contributed by atoms with van der Waals surface area (Å²) >= 11 is 4.21. The predicted molar refractivity (Wildman–Crippen MR) is 93.4 cm³/mol. The van der Waals surface area contributed by atoms with E-state index in [2.05, 4.69) is 39.2 Å². The highest BCUT2D eigenvalue weighted by molar-refractivity contribution is 8.03. The van der Waals surface area contributed by atoms with E-state index in [-0.39, 0.29) is 6.10 Å². The minimum atomic E-state index is -0.336. The second-order valence-electron chi connectivity index (χ2n) is 6.69. The van der Waals surface area contributed by atoms with Crippen LogP contribution in [0.2, 0.25) is 0 Å². The summed E-state index contributed by atoms with van der Waals surface area (Å²) in [6, 6.07) is 2.86. The number of thioether (sulfide) groups is 2. The van der Waals surface area contributed by atoms with Crippen molar-refractivity contribution in [1.82, 2.24) is 14.7 Å². The van der Waals surface area contributed by atoms with Gasteiger partial charge >= 0.3 is 0 Å². The Kier molecular flexibility index (Phi) is 4.72. The van der Waals surface area contributed by atoms with E-state index in [0.29, 0.717) is 12.0 Å². The van der Waals surface area contributed by atoms with Gasteiger partial charge in [0.15, 0.2) is 0 Å². The summed E-state index contributed by atoms with van der Waals surface area (Å²) in [7, 11) is 0. The highest BCUT2D eigenvalue weighted by Gasteiger charge is 2.33. The molecule has 1 saturated heterocycles. The number of rotatable bonds is 3. The van der Waals surface area contributed by atoms with Crippen molar-refractivity contribution in [3.63, 3.8) is 0 Å². The Morgan fingerprint density at radius 1 is 1.18 bits per heavy atom. The molecule has 2 aliphatic heterocycles. The van der Waals surface area contributed by atoms with Crippen LogP contribution in [0.15, 0.2) is 6.07 Å². The third-order valence-electron chi connectivity index (χ3n) is 4.94. The van der Waals surface area contributed by atoms with E-state index in [4.69, 9.17) is 5.10 Å². The van der Waals surface area contributed by atoms with Gasteiger partial charge in [0.05, 0.1) is 11.4 Å². The Morgan fingerprint density at radius 2 is 1.95 bits per heavy atom. The van der Waals surface area contributed by atoms with Crippen LogP contribution < -0.4 is 0 Å². The molecule has 22 heavy (non-hydrogen) atoms. The summed E-state index contributed by atoms with van der Waals surface area (Å²) in [5.41, 5.74) is 2.20. The van der Waals surface area contributed by atoms with Gasteiger partial charge in [-0.15, -0.1) is 0 Å². The fourth-order valence-electron chi connectivity index (χ4n) is 3.43. The number of aryl methyl sites for hydroxylation is 1. The van der Waals surface area contributed by atoms with Crippen molar-refractivity contribution in [3.05, 3.63) is 17.5 Å². The SMILES string of the molecule is O[C@H](c1cc2n(n1)CCCN(C1CSCCSC1)C2)C1CC1. The van der Waals surface area contributed by atoms with Gasteiger partial charge in [-0.1, -0.05) is 0 Å². The number of nitrogens with zero attached hydrogens (tertiary/aromatic N) is 3. The van der Waals surface area contributed by atoms with Gasteiger partial charge in [-0.3, -0.25) is 9.58 Å². The van der Waals surface area contributed by atoms with Crippen molar-refractivity contribution in [1.29, 1.82) is 0 Å². The standard InChI is InChI=1S/C16H25N3OS2/c20-16(12-2-3-12)15-8-13-9-18(4-1-5-19(13)17-15)14-10-21-6-7-22-11-14/h8,12,14,16,20H,1-7,9-11H2/t16-/m0/s1. The molecular formula is C16H25N3OS2. The van der Waals surface area contributed by atoms with Crippen LogP contribution in [-0.4, -0.2) is 55.4 Å². The van der Waals surface area contributed by atoms with Gasteiger partial charge in [0, 0.05) is 48.7 Å². The molecule has 0 unspecified atom stereocenters. The van der Waals surface area contributed by atoms with Crippen molar-refractivity contribution in [2.75, 3.05) is 29.6 Å². The molecule has 1 atom stereocenters. The molecule has 0 spiro atoms. The van der Waals surface area contributed by atoms with Crippen LogP contribution >= 0.6 is 23.5 Å². The van der Waals surface area contributed by atoms with Crippen molar-refractivity contribution >= 4 is 23.5 Å². The first kappa shape index (κ1) is 15.4. The van der Waals surface area contributed by atoms with Crippen LogP contribution in [0.25, 0.3) is 0 Å². The van der Waals surface area contributed by atoms with Crippen LogP contribution in [0.3, 0.4) is 0 Å². The molecule has 0 bridgehead atoms. The molecule has 2 fully saturated rings. The van der Waals surface area contributed by atoms with Crippen LogP contribution in [0, 0.1) is 5.92 Å². The summed E-state index contributed by atoms with van der Waals surface area (Å²) in [4.78, 5) is 2.65. The molecular weight excluding hydrogens is 314 g/mol. The van der Waals surface area contributed by atoms with Crippen molar-refractivity contribution in [3.8, 4) is 0 Å². The lowest BCUT2D eigenvalue weighted by molar-refractivity contribution is 0.148. The lowest BCUT2D eigenvalue weighted by Gasteiger charge is -2.28. The summed E-state index contributed by atoms with van der Waals surface area (Å²) in [5, 5.41) is 15.0. The summed E-state index contributed by atoms with van der Waals surface area (Å²) in [5.74, 6) is 5.58. The largest absolute Gasteiger partial charge is 0.386 e. The van der Waals surface area contributed by atoms with Gasteiger partial charge in [0.1, 0.15) is 6.10 Å². The zero-order valence-electron chi connectivity index (χ0n) is 13.0. The molecule has 1 saturated carbocycles. The first-order chi connectivity index (χ1) is 10.8. The van der Waals surface area contributed by atoms with Gasteiger partial charge in [-0.25, -0.2) is 0 Å². The minimum absolute atomic E-state index is 0.336. The first-order valence-corrected chi connectivity index (χ1v) is 10.8. The smallest absolute Gasteiger partial charge is 0.101 e. The molecule has 0 aromatic carbocycles. The number of aliphatic hydroxyl groups excluding tert-OH is 1. The van der Waals surface area contributed by atoms with E-state index >= 15 is 0 Å². The lowest BCUT2D eigenvalue weighted by atomic mass is 10.1. The van der Waals surface area contributed by atoms with Crippen LogP contribution in [0.4, 0.5) is 0 Å². The lowest BCUT2D eigenvalue weighted by Crippen LogP contribution is -2.38. The zero-order chi connectivity index (χ0) is 14.9. The van der Waals surface area contributed by atoms with E-state index in [1.54, 1.807) is 0 Å². The fourth-order valence-corrected chi connectivity index (χ4v) is 6.06. The molecule has 1 aromatic rings. The van der Waals surface area contributed by atoms with Gasteiger partial charge in [-0.2, -0.15) is 28.6 Å². The molecule has 1 aromatic heterocycles. The number of hydrogen-bond donors (Lipinski definition) is 1. The molecule has 122 valence electrons. The number of hydrogen-bond acceptors (Lipinski definition) is 5. The average molecular weight is 340 g/mol. The molecule has 1 N–H and O–H groups in total. The predicted octanol–water partition coefficient (Wildman–Crippen LogP) is 2.38. The minimum Gasteiger partial charge on any atom is -0.386 e. The second-order valence-corrected chi connectivity index (χ2v) is 8.99. The second kappa shape index (κ2) is 6.75. The highest BCUT2D eigenvalue weighted by Crippen LogP contribution is 2.40. The zero-order valence-corrected chi connectivity index (χ0v) is 14.6. The third-order valence-corrected chi connectivity index (χ3v) is 7.43. The van der Waals surface area contributed by atoms with E-state index in [9.17, 15) is 5.11 Å². The normalized spacial score (nSPS) is 26.2. The fraction of sp³-hybridized carbons (Fsp3) is 0.812. The molecule has 6 heteroatoms. The van der Waals surface area contributed by atoms with E-state index in [0.717, 1.165) is 31.6 Å². The molecule has 1 aliphatic carbocycles. The van der Waals surface area contributed by atoms with Crippen LogP contribution in [0.5, 0.6) is 0 Å². The van der Waals surface area contributed by atoms with Gasteiger partial charge in [0.25, 0.3) is 0 Å². The Bertz CT molecular complexity index is 509. The topological polar surface area (TPSA) is 41.3 Å². The maximum Gasteiger partial charge on any atom is 0.101 e. The highest BCUT2D eigenvalue weighted by atomic mass is 32.2. The van der Waals surface area contributed by atoms with Crippen LogP contribution in [-0.2, 0) is 13.1 Å². The molecule has 4 rings (SSSR count). The Hall–Kier alpha value is -0.170. The maximum absolute atomic E-state index is 10.3. The first-order valence-electron chi connectivity index (χ1n) is 8.45. The summed E-state index contributed by atoms with van der Waals surface area (Å²) < 4.78 is 2.15. The quantitative estimate of drug-likeness (QED) is 0.916. The van der Waals surface area contributed by atoms with Gasteiger partial charge in [0.2, 0.25) is 0 Å². The summed E-state index contributed by atoms with van der Waals surface area (Å²) in [6.45, 7) is 3.17. The average Bonchev–Trinajstić information content (AvgIpc) is 3.33. The van der Waals surface area contributed by atoms with Crippen molar-refractivity contribution < 1.29 is 5.11 Å². The van der Waals surface area contributed by atoms with Gasteiger partial charge in [-0.05, 0) is 31.2 Å².